The molecule has 57 heavy (non-hydrogen) atoms. The Morgan fingerprint density at radius 3 is 2.30 bits per heavy atom. The minimum absolute atomic E-state index is 0.0773. The zero-order valence-electron chi connectivity index (χ0n) is 33.0. The first-order valence-electron chi connectivity index (χ1n) is 19.1. The van der Waals surface area contributed by atoms with Crippen molar-refractivity contribution in [1.29, 1.82) is 0 Å². The molecule has 13 heteroatoms. The molecular weight excluding hydrogens is 725 g/mol. The lowest BCUT2D eigenvalue weighted by Gasteiger charge is -2.47. The van der Waals surface area contributed by atoms with E-state index in [1.165, 1.54) is 14.7 Å². The maximum absolute atomic E-state index is 14.5. The quantitative estimate of drug-likeness (QED) is 0.198. The molecule has 7 rings (SSSR count). The zero-order valence-corrected chi connectivity index (χ0v) is 33.0. The number of nitrogens with one attached hydrogen (secondary N) is 2. The number of hydrogen-bond acceptors (Lipinski definition) is 8. The Morgan fingerprint density at radius 2 is 1.58 bits per heavy atom. The van der Waals surface area contributed by atoms with Gasteiger partial charge in [-0.05, 0) is 86.6 Å². The number of ether oxygens (including phenoxy) is 2. The standard InChI is InChI=1S/C44H48N6O7/c1-42(2,3)57-40(54)48(5)23-31-14-9-10-15-32(31)24-49(39(53)43(4)27-50(28-43)41(55)56-26-29-12-7-6-8-13-29)25-36(51)46-34-18-17-30-21-44(22-33(30)20-34)35-16-11-19-45-37(35)47-38(44)52/h6-20H,21-28H2,1-5H3,(H,46,51)(H,45,47,52)/t44-/m1/s1. The minimum Gasteiger partial charge on any atom is -0.445 e. The van der Waals surface area contributed by atoms with Gasteiger partial charge in [0.15, 0.2) is 0 Å². The van der Waals surface area contributed by atoms with Crippen molar-refractivity contribution in [3.8, 4) is 0 Å². The number of aromatic nitrogens is 1. The molecule has 13 nitrogen and oxygen atoms in total. The van der Waals surface area contributed by atoms with Crippen LogP contribution in [-0.2, 0) is 61.8 Å². The summed E-state index contributed by atoms with van der Waals surface area (Å²) in [5, 5.41) is 5.91. The Morgan fingerprint density at radius 1 is 0.895 bits per heavy atom. The lowest BCUT2D eigenvalue weighted by atomic mass is 9.79. The fraction of sp³-hybridized carbons (Fsp3) is 0.364. The second kappa shape index (κ2) is 15.4. The number of benzene rings is 3. The number of fused-ring (bicyclic) bond motifs is 3. The van der Waals surface area contributed by atoms with Gasteiger partial charge in [0.05, 0.1) is 10.8 Å². The van der Waals surface area contributed by atoms with Gasteiger partial charge in [0.2, 0.25) is 17.7 Å². The summed E-state index contributed by atoms with van der Waals surface area (Å²) in [6.07, 6.45) is 1.66. The van der Waals surface area contributed by atoms with Crippen LogP contribution in [0.2, 0.25) is 0 Å². The monoisotopic (exact) mass is 772 g/mol. The van der Waals surface area contributed by atoms with E-state index >= 15 is 0 Å². The highest BCUT2D eigenvalue weighted by atomic mass is 16.6. The summed E-state index contributed by atoms with van der Waals surface area (Å²) in [5.74, 6) is -0.207. The molecule has 0 unspecified atom stereocenters. The Bertz CT molecular complexity index is 2210. The molecule has 3 aliphatic rings. The van der Waals surface area contributed by atoms with Crippen molar-refractivity contribution < 1.29 is 33.4 Å². The lowest BCUT2D eigenvalue weighted by Crippen LogP contribution is -2.64. The number of rotatable bonds is 10. The molecule has 2 N–H and O–H groups in total. The number of carbonyl (C=O) groups excluding carboxylic acids is 5. The Balaban J connectivity index is 1.07. The van der Waals surface area contributed by atoms with Gasteiger partial charge in [0.1, 0.15) is 24.6 Å². The van der Waals surface area contributed by atoms with Crippen LogP contribution in [0.15, 0.2) is 91.1 Å². The van der Waals surface area contributed by atoms with E-state index in [0.29, 0.717) is 24.3 Å². The second-order valence-corrected chi connectivity index (χ2v) is 16.5. The minimum atomic E-state index is -0.969. The van der Waals surface area contributed by atoms with Crippen molar-refractivity contribution in [2.75, 3.05) is 37.3 Å². The molecule has 1 spiro atoms. The van der Waals surface area contributed by atoms with Gasteiger partial charge in [-0.15, -0.1) is 0 Å². The van der Waals surface area contributed by atoms with Gasteiger partial charge in [-0.25, -0.2) is 14.6 Å². The summed E-state index contributed by atoms with van der Waals surface area (Å²) in [7, 11) is 1.65. The molecule has 1 aromatic heterocycles. The molecular formula is C44H48N6O7. The molecule has 1 atom stereocenters. The molecule has 3 heterocycles. The normalized spacial score (nSPS) is 17.5. The maximum atomic E-state index is 14.5. The van der Waals surface area contributed by atoms with E-state index in [9.17, 15) is 24.0 Å². The molecule has 296 valence electrons. The zero-order chi connectivity index (χ0) is 40.5. The van der Waals surface area contributed by atoms with Crippen molar-refractivity contribution in [3.05, 3.63) is 125 Å². The fourth-order valence-electron chi connectivity index (χ4n) is 7.90. The van der Waals surface area contributed by atoms with E-state index in [0.717, 1.165) is 33.4 Å². The van der Waals surface area contributed by atoms with Crippen molar-refractivity contribution in [2.24, 2.45) is 5.41 Å². The third-order valence-corrected chi connectivity index (χ3v) is 10.7. The summed E-state index contributed by atoms with van der Waals surface area (Å²) in [6, 6.07) is 26.2. The number of amides is 5. The highest BCUT2D eigenvalue weighted by Crippen LogP contribution is 2.47. The number of hydrogen-bond donors (Lipinski definition) is 2. The van der Waals surface area contributed by atoms with Crippen LogP contribution in [0, 0.1) is 5.41 Å². The molecule has 0 saturated carbocycles. The summed E-state index contributed by atoms with van der Waals surface area (Å²) < 4.78 is 11.1. The SMILES string of the molecule is CN(Cc1ccccc1CN(CC(=O)Nc1ccc2c(c1)C[C@@]1(C2)C(=O)Nc2ncccc21)C(=O)C1(C)CN(C(=O)OCc2ccccc2)C1)C(=O)OC(C)(C)C. The highest BCUT2D eigenvalue weighted by molar-refractivity contribution is 6.06. The highest BCUT2D eigenvalue weighted by Gasteiger charge is 2.52. The molecule has 2 aliphatic heterocycles. The van der Waals surface area contributed by atoms with E-state index in [4.69, 9.17) is 9.47 Å². The summed E-state index contributed by atoms with van der Waals surface area (Å²) in [6.45, 7) is 7.57. The van der Waals surface area contributed by atoms with Gasteiger partial charge >= 0.3 is 12.2 Å². The van der Waals surface area contributed by atoms with Crippen LogP contribution in [0.3, 0.4) is 0 Å². The maximum Gasteiger partial charge on any atom is 0.410 e. The molecule has 1 fully saturated rings. The first kappa shape index (κ1) is 39.0. The molecule has 5 amide bonds. The van der Waals surface area contributed by atoms with Crippen LogP contribution in [-0.4, -0.2) is 81.9 Å². The van der Waals surface area contributed by atoms with Gasteiger partial charge in [-0.2, -0.15) is 0 Å². The lowest BCUT2D eigenvalue weighted by molar-refractivity contribution is -0.152. The largest absolute Gasteiger partial charge is 0.445 e. The van der Waals surface area contributed by atoms with E-state index in [2.05, 4.69) is 15.6 Å². The predicted molar refractivity (Wildman–Crippen MR) is 213 cm³/mol. The van der Waals surface area contributed by atoms with Gasteiger partial charge in [-0.3, -0.25) is 14.4 Å². The summed E-state index contributed by atoms with van der Waals surface area (Å²) in [4.78, 5) is 76.1. The first-order valence-corrected chi connectivity index (χ1v) is 19.1. The Labute approximate surface area is 332 Å². The van der Waals surface area contributed by atoms with Gasteiger partial charge < -0.3 is 34.8 Å². The number of anilines is 2. The second-order valence-electron chi connectivity index (χ2n) is 16.5. The van der Waals surface area contributed by atoms with Crippen LogP contribution in [0.5, 0.6) is 0 Å². The average molecular weight is 773 g/mol. The molecule has 1 aliphatic carbocycles. The third-order valence-electron chi connectivity index (χ3n) is 10.7. The average Bonchev–Trinajstić information content (AvgIpc) is 3.68. The summed E-state index contributed by atoms with van der Waals surface area (Å²) >= 11 is 0. The topological polar surface area (TPSA) is 150 Å². The molecule has 1 saturated heterocycles. The van der Waals surface area contributed by atoms with Crippen LogP contribution in [0.4, 0.5) is 21.1 Å². The fourth-order valence-corrected chi connectivity index (χ4v) is 7.90. The van der Waals surface area contributed by atoms with E-state index in [-0.39, 0.29) is 51.1 Å². The molecule has 4 aromatic rings. The van der Waals surface area contributed by atoms with E-state index in [1.807, 2.05) is 84.9 Å². The number of pyridine rings is 1. The number of likely N-dealkylation sites (tertiary alicyclic amines) is 1. The Hall–Kier alpha value is -6.24. The Kier molecular flexibility index (Phi) is 10.5. The van der Waals surface area contributed by atoms with E-state index < -0.39 is 34.5 Å². The van der Waals surface area contributed by atoms with Gasteiger partial charge in [-0.1, -0.05) is 66.7 Å². The van der Waals surface area contributed by atoms with E-state index in [1.54, 1.807) is 40.9 Å². The first-order chi connectivity index (χ1) is 27.1. The molecule has 0 radical (unpaired) electrons. The number of nitrogens with zero attached hydrogens (tertiary/aromatic N) is 4. The van der Waals surface area contributed by atoms with Crippen LogP contribution >= 0.6 is 0 Å². The van der Waals surface area contributed by atoms with Crippen LogP contribution < -0.4 is 10.6 Å². The van der Waals surface area contributed by atoms with Crippen LogP contribution in [0.25, 0.3) is 0 Å². The molecule has 3 aromatic carbocycles. The van der Waals surface area contributed by atoms with Gasteiger partial charge in [0.25, 0.3) is 0 Å². The van der Waals surface area contributed by atoms with Crippen molar-refractivity contribution >= 4 is 41.4 Å². The van der Waals surface area contributed by atoms with Gasteiger partial charge in [0, 0.05) is 50.7 Å². The molecule has 0 bridgehead atoms. The predicted octanol–water partition coefficient (Wildman–Crippen LogP) is 6.06. The number of carbonyl (C=O) groups is 5. The third kappa shape index (κ3) is 8.33. The smallest absolute Gasteiger partial charge is 0.410 e. The summed E-state index contributed by atoms with van der Waals surface area (Å²) in [5.41, 5.74) is 3.41. The van der Waals surface area contributed by atoms with Crippen molar-refractivity contribution in [3.63, 3.8) is 0 Å². The van der Waals surface area contributed by atoms with Crippen LogP contribution in [0.1, 0.15) is 61.1 Å². The van der Waals surface area contributed by atoms with Crippen molar-refractivity contribution in [2.45, 2.75) is 71.2 Å². The van der Waals surface area contributed by atoms with Crippen molar-refractivity contribution in [1.82, 2.24) is 19.7 Å².